The fraction of sp³-hybridized carbons (Fsp3) is 0.647. The van der Waals surface area contributed by atoms with Crippen molar-refractivity contribution < 1.29 is 4.74 Å². The van der Waals surface area contributed by atoms with Crippen LogP contribution in [0.5, 0.6) is 0 Å². The molecule has 1 aliphatic heterocycles. The summed E-state index contributed by atoms with van der Waals surface area (Å²) in [5, 5.41) is 0.707. The van der Waals surface area contributed by atoms with Crippen LogP contribution in [-0.4, -0.2) is 11.4 Å². The third-order valence-electron chi connectivity index (χ3n) is 6.32. The van der Waals surface area contributed by atoms with E-state index in [1.54, 1.807) is 0 Å². The number of rotatable bonds is 1. The van der Waals surface area contributed by atoms with Gasteiger partial charge in [-0.15, -0.1) is 11.8 Å². The van der Waals surface area contributed by atoms with E-state index in [1.807, 2.05) is 0 Å². The van der Waals surface area contributed by atoms with Crippen molar-refractivity contribution in [3.63, 3.8) is 0 Å². The Morgan fingerprint density at radius 3 is 2.58 bits per heavy atom. The smallest absolute Gasteiger partial charge is 0.129 e. The minimum atomic E-state index is 0.257. The van der Waals surface area contributed by atoms with Crippen molar-refractivity contribution in [2.24, 2.45) is 16.7 Å². The van der Waals surface area contributed by atoms with E-state index in [-0.39, 0.29) is 5.44 Å². The number of hydrogen-bond donors (Lipinski definition) is 0. The highest BCUT2D eigenvalue weighted by Gasteiger charge is 2.69. The molecule has 1 aromatic carbocycles. The molecule has 0 radical (unpaired) electrons. The molecule has 1 nitrogen and oxygen atoms in total. The zero-order valence-corrected chi connectivity index (χ0v) is 12.7. The Hall–Kier alpha value is -0.470. The van der Waals surface area contributed by atoms with Crippen molar-refractivity contribution in [3.8, 4) is 0 Å². The first-order valence-electron chi connectivity index (χ1n) is 7.40. The molecule has 0 amide bonds. The maximum atomic E-state index is 6.51. The molecule has 1 heterocycles. The summed E-state index contributed by atoms with van der Waals surface area (Å²) >= 11 is 2.08. The second kappa shape index (κ2) is 3.79. The summed E-state index contributed by atoms with van der Waals surface area (Å²) in [7, 11) is 0. The molecule has 4 rings (SSSR count). The molecule has 2 saturated carbocycles. The van der Waals surface area contributed by atoms with E-state index in [0.717, 1.165) is 5.92 Å². The number of hydrogen-bond acceptors (Lipinski definition) is 2. The van der Waals surface area contributed by atoms with E-state index in [0.29, 0.717) is 22.2 Å². The number of fused-ring (bicyclic) bond motifs is 5. The summed E-state index contributed by atoms with van der Waals surface area (Å²) in [4.78, 5) is 0. The second-order valence-corrected chi connectivity index (χ2v) is 8.43. The SMILES string of the molecule is CC1(C)[C@@H]2CC[C@@]1(C)[C@@H]1OC(c3ccccc3)S[C@H]21. The first-order valence-corrected chi connectivity index (χ1v) is 8.34. The van der Waals surface area contributed by atoms with Crippen molar-refractivity contribution in [1.82, 2.24) is 0 Å². The van der Waals surface area contributed by atoms with E-state index in [9.17, 15) is 0 Å². The Bertz CT molecular complexity index is 497. The molecule has 1 aromatic rings. The van der Waals surface area contributed by atoms with Gasteiger partial charge in [0.05, 0.1) is 6.10 Å². The topological polar surface area (TPSA) is 9.23 Å². The zero-order chi connectivity index (χ0) is 13.3. The van der Waals surface area contributed by atoms with Gasteiger partial charge in [-0.25, -0.2) is 0 Å². The van der Waals surface area contributed by atoms with Gasteiger partial charge in [-0.05, 0) is 29.7 Å². The van der Waals surface area contributed by atoms with Crippen molar-refractivity contribution in [2.45, 2.75) is 50.4 Å². The molecule has 3 aliphatic rings. The van der Waals surface area contributed by atoms with Crippen LogP contribution in [0.4, 0.5) is 0 Å². The molecule has 2 bridgehead atoms. The van der Waals surface area contributed by atoms with Gasteiger partial charge in [0.25, 0.3) is 0 Å². The molecule has 1 unspecified atom stereocenters. The molecular weight excluding hydrogens is 252 g/mol. The lowest BCUT2D eigenvalue weighted by Gasteiger charge is -2.38. The monoisotopic (exact) mass is 274 g/mol. The van der Waals surface area contributed by atoms with Gasteiger partial charge in [0, 0.05) is 10.7 Å². The lowest BCUT2D eigenvalue weighted by molar-refractivity contribution is -0.0444. The fourth-order valence-electron chi connectivity index (χ4n) is 4.69. The van der Waals surface area contributed by atoms with Crippen LogP contribution in [-0.2, 0) is 4.74 Å². The maximum absolute atomic E-state index is 6.51. The third-order valence-corrected chi connectivity index (χ3v) is 7.84. The normalized spacial score (nSPS) is 46.5. The van der Waals surface area contributed by atoms with E-state index in [4.69, 9.17) is 4.74 Å². The van der Waals surface area contributed by atoms with Gasteiger partial charge in [0.1, 0.15) is 5.44 Å². The third kappa shape index (κ3) is 1.42. The lowest BCUT2D eigenvalue weighted by atomic mass is 9.70. The average Bonchev–Trinajstić information content (AvgIpc) is 2.97. The van der Waals surface area contributed by atoms with Crippen LogP contribution in [0.25, 0.3) is 0 Å². The van der Waals surface area contributed by atoms with E-state index >= 15 is 0 Å². The van der Waals surface area contributed by atoms with Crippen molar-refractivity contribution >= 4 is 11.8 Å². The molecule has 102 valence electrons. The van der Waals surface area contributed by atoms with Gasteiger partial charge in [-0.2, -0.15) is 0 Å². The van der Waals surface area contributed by atoms with Crippen molar-refractivity contribution in [1.29, 1.82) is 0 Å². The van der Waals surface area contributed by atoms with Crippen LogP contribution in [0.15, 0.2) is 30.3 Å². The Labute approximate surface area is 120 Å². The van der Waals surface area contributed by atoms with Gasteiger partial charge in [0.2, 0.25) is 0 Å². The van der Waals surface area contributed by atoms with Crippen LogP contribution in [0.2, 0.25) is 0 Å². The summed E-state index contributed by atoms with van der Waals surface area (Å²) in [5.74, 6) is 0.834. The van der Waals surface area contributed by atoms with Crippen LogP contribution >= 0.6 is 11.8 Å². The minimum Gasteiger partial charge on any atom is -0.358 e. The zero-order valence-electron chi connectivity index (χ0n) is 11.9. The largest absolute Gasteiger partial charge is 0.358 e. The van der Waals surface area contributed by atoms with Crippen LogP contribution < -0.4 is 0 Å². The summed E-state index contributed by atoms with van der Waals surface area (Å²) in [5.41, 5.74) is 2.41. The van der Waals surface area contributed by atoms with Gasteiger partial charge in [-0.3, -0.25) is 0 Å². The van der Waals surface area contributed by atoms with Gasteiger partial charge in [0.15, 0.2) is 0 Å². The number of ether oxygens (including phenoxy) is 1. The Kier molecular flexibility index (Phi) is 2.45. The molecule has 0 N–H and O–H groups in total. The van der Waals surface area contributed by atoms with Crippen LogP contribution in [0.1, 0.15) is 44.6 Å². The highest BCUT2D eigenvalue weighted by atomic mass is 32.2. The van der Waals surface area contributed by atoms with E-state index in [2.05, 4.69) is 62.9 Å². The molecule has 1 saturated heterocycles. The molecule has 2 heteroatoms. The molecule has 19 heavy (non-hydrogen) atoms. The van der Waals surface area contributed by atoms with Gasteiger partial charge >= 0.3 is 0 Å². The lowest BCUT2D eigenvalue weighted by Crippen LogP contribution is -2.38. The molecular formula is C17H22OS. The summed E-state index contributed by atoms with van der Waals surface area (Å²) in [6.07, 6.45) is 3.19. The highest BCUT2D eigenvalue weighted by Crippen LogP contribution is 2.72. The molecule has 3 fully saturated rings. The Morgan fingerprint density at radius 1 is 1.16 bits per heavy atom. The number of benzene rings is 1. The van der Waals surface area contributed by atoms with Crippen LogP contribution in [0.3, 0.4) is 0 Å². The molecule has 2 aliphatic carbocycles. The Balaban J connectivity index is 1.65. The molecule has 0 spiro atoms. The van der Waals surface area contributed by atoms with Crippen molar-refractivity contribution in [3.05, 3.63) is 35.9 Å². The van der Waals surface area contributed by atoms with Gasteiger partial charge < -0.3 is 4.74 Å². The first kappa shape index (κ1) is 12.3. The predicted octanol–water partition coefficient (Wildman–Crippen LogP) is 4.64. The Morgan fingerprint density at radius 2 is 1.89 bits per heavy atom. The maximum Gasteiger partial charge on any atom is 0.129 e. The summed E-state index contributed by atoms with van der Waals surface area (Å²) < 4.78 is 6.51. The highest BCUT2D eigenvalue weighted by molar-refractivity contribution is 8.00. The molecule has 0 aromatic heterocycles. The van der Waals surface area contributed by atoms with E-state index < -0.39 is 0 Å². The minimum absolute atomic E-state index is 0.257. The van der Waals surface area contributed by atoms with Crippen molar-refractivity contribution in [2.75, 3.05) is 0 Å². The quantitative estimate of drug-likeness (QED) is 0.737. The standard InChI is InChI=1S/C17H22OS/c1-16(2)12-9-10-17(16,3)14-13(12)19-15(18-14)11-7-5-4-6-8-11/h4-8,12-15H,9-10H2,1-3H3/t12-,13-,14-,15?,17+/m1/s1. The van der Waals surface area contributed by atoms with E-state index in [1.165, 1.54) is 18.4 Å². The second-order valence-electron chi connectivity index (χ2n) is 7.18. The molecule has 5 atom stereocenters. The van der Waals surface area contributed by atoms with Crippen LogP contribution in [0, 0.1) is 16.7 Å². The summed E-state index contributed by atoms with van der Waals surface area (Å²) in [6, 6.07) is 10.7. The average molecular weight is 274 g/mol. The first-order chi connectivity index (χ1) is 9.04. The fourth-order valence-corrected chi connectivity index (χ4v) is 6.65. The summed E-state index contributed by atoms with van der Waals surface area (Å²) in [6.45, 7) is 7.39. The van der Waals surface area contributed by atoms with Gasteiger partial charge in [-0.1, -0.05) is 51.1 Å². The predicted molar refractivity (Wildman–Crippen MR) is 80.0 cm³/mol. The number of thioether (sulfide) groups is 1.